The van der Waals surface area contributed by atoms with Crippen molar-refractivity contribution in [3.8, 4) is 0 Å². The van der Waals surface area contributed by atoms with Crippen LogP contribution in [0.15, 0.2) is 24.5 Å². The lowest BCUT2D eigenvalue weighted by Crippen LogP contribution is -2.48. The predicted octanol–water partition coefficient (Wildman–Crippen LogP) is 1.07. The maximum absolute atomic E-state index is 9.86. The first kappa shape index (κ1) is 12.1. The topological polar surface area (TPSA) is 62.4 Å². The summed E-state index contributed by atoms with van der Waals surface area (Å²) >= 11 is 0. The average molecular weight is 247 g/mol. The fourth-order valence-electron chi connectivity index (χ4n) is 3.71. The average Bonchev–Trinajstić information content (AvgIpc) is 2.65. The van der Waals surface area contributed by atoms with E-state index in [-0.39, 0.29) is 12.1 Å². The number of piperidine rings is 1. The fraction of sp³-hybridized carbons (Fsp3) is 0.643. The number of aliphatic hydroxyl groups is 1. The number of nitrogens with zero attached hydrogens (tertiary/aromatic N) is 2. The first-order chi connectivity index (χ1) is 8.79. The van der Waals surface area contributed by atoms with Crippen molar-refractivity contribution in [2.75, 3.05) is 6.54 Å². The van der Waals surface area contributed by atoms with Crippen LogP contribution in [0.2, 0.25) is 0 Å². The van der Waals surface area contributed by atoms with Crippen LogP contribution in [-0.2, 0) is 0 Å². The zero-order valence-electron chi connectivity index (χ0n) is 10.6. The highest BCUT2D eigenvalue weighted by molar-refractivity contribution is 5.18. The molecule has 1 aromatic rings. The van der Waals surface area contributed by atoms with Crippen LogP contribution >= 0.6 is 0 Å². The monoisotopic (exact) mass is 247 g/mol. The van der Waals surface area contributed by atoms with Gasteiger partial charge in [0.05, 0.1) is 6.10 Å². The third-order valence-electron chi connectivity index (χ3n) is 4.44. The van der Waals surface area contributed by atoms with Gasteiger partial charge in [0.25, 0.3) is 0 Å². The summed E-state index contributed by atoms with van der Waals surface area (Å²) in [6.07, 6.45) is 7.75. The second-order valence-corrected chi connectivity index (χ2v) is 5.49. The Balaban J connectivity index is 1.85. The van der Waals surface area contributed by atoms with Gasteiger partial charge in [-0.1, -0.05) is 0 Å². The summed E-state index contributed by atoms with van der Waals surface area (Å²) in [6.45, 7) is 0.632. The number of hydrogen-bond acceptors (Lipinski definition) is 4. The van der Waals surface area contributed by atoms with Gasteiger partial charge in [0.15, 0.2) is 0 Å². The Morgan fingerprint density at radius 1 is 1.28 bits per heavy atom. The van der Waals surface area contributed by atoms with Gasteiger partial charge in [-0.15, -0.1) is 0 Å². The molecule has 4 nitrogen and oxygen atoms in total. The number of hydrogen-bond donors (Lipinski definition) is 2. The fourth-order valence-corrected chi connectivity index (χ4v) is 3.71. The van der Waals surface area contributed by atoms with E-state index in [1.54, 1.807) is 0 Å². The summed E-state index contributed by atoms with van der Waals surface area (Å²) < 4.78 is 0. The van der Waals surface area contributed by atoms with Gasteiger partial charge in [0.2, 0.25) is 0 Å². The molecule has 3 unspecified atom stereocenters. The predicted molar refractivity (Wildman–Crippen MR) is 69.9 cm³/mol. The van der Waals surface area contributed by atoms with E-state index in [0.717, 1.165) is 12.8 Å². The Labute approximate surface area is 108 Å². The van der Waals surface area contributed by atoms with Crippen LogP contribution in [0, 0.1) is 0 Å². The summed E-state index contributed by atoms with van der Waals surface area (Å²) in [5, 5.41) is 9.86. The van der Waals surface area contributed by atoms with Crippen LogP contribution in [0.3, 0.4) is 0 Å². The quantitative estimate of drug-likeness (QED) is 0.838. The van der Waals surface area contributed by atoms with Gasteiger partial charge in [-0.05, 0) is 43.4 Å². The number of nitrogens with two attached hydrogens (primary N) is 1. The Morgan fingerprint density at radius 3 is 2.44 bits per heavy atom. The van der Waals surface area contributed by atoms with E-state index < -0.39 is 0 Å². The first-order valence-corrected chi connectivity index (χ1v) is 6.85. The first-order valence-electron chi connectivity index (χ1n) is 6.85. The molecule has 2 bridgehead atoms. The molecular weight excluding hydrogens is 226 g/mol. The largest absolute Gasteiger partial charge is 0.393 e. The number of aromatic nitrogens is 1. The summed E-state index contributed by atoms with van der Waals surface area (Å²) in [6, 6.07) is 5.39. The van der Waals surface area contributed by atoms with Crippen LogP contribution in [-0.4, -0.2) is 39.7 Å². The Bertz CT molecular complexity index is 383. The SMILES string of the molecule is NCC(c1ccncc1)N1C2CCC1CC(O)C2. The van der Waals surface area contributed by atoms with Gasteiger partial charge in [-0.2, -0.15) is 0 Å². The maximum Gasteiger partial charge on any atom is 0.0570 e. The molecule has 98 valence electrons. The second-order valence-electron chi connectivity index (χ2n) is 5.49. The molecule has 2 aliphatic heterocycles. The Hall–Kier alpha value is -0.970. The van der Waals surface area contributed by atoms with E-state index >= 15 is 0 Å². The van der Waals surface area contributed by atoms with E-state index in [0.29, 0.717) is 18.6 Å². The molecule has 0 spiro atoms. The van der Waals surface area contributed by atoms with Crippen molar-refractivity contribution in [1.29, 1.82) is 0 Å². The van der Waals surface area contributed by atoms with Gasteiger partial charge in [-0.3, -0.25) is 9.88 Å². The van der Waals surface area contributed by atoms with Crippen LogP contribution < -0.4 is 5.73 Å². The van der Waals surface area contributed by atoms with Gasteiger partial charge in [0, 0.05) is 37.1 Å². The lowest BCUT2D eigenvalue weighted by atomic mass is 9.95. The number of pyridine rings is 1. The molecule has 2 aliphatic rings. The molecule has 3 atom stereocenters. The van der Waals surface area contributed by atoms with Crippen molar-refractivity contribution in [3.05, 3.63) is 30.1 Å². The van der Waals surface area contributed by atoms with Crippen molar-refractivity contribution in [2.24, 2.45) is 5.73 Å². The van der Waals surface area contributed by atoms with Crippen molar-refractivity contribution >= 4 is 0 Å². The molecule has 4 heteroatoms. The molecule has 0 amide bonds. The molecule has 0 aliphatic carbocycles. The second kappa shape index (κ2) is 4.96. The highest BCUT2D eigenvalue weighted by Gasteiger charge is 2.43. The van der Waals surface area contributed by atoms with E-state index in [9.17, 15) is 5.11 Å². The number of fused-ring (bicyclic) bond motifs is 2. The molecule has 3 rings (SSSR count). The molecule has 1 aromatic heterocycles. The van der Waals surface area contributed by atoms with E-state index in [1.807, 2.05) is 12.4 Å². The molecule has 2 fully saturated rings. The molecule has 2 saturated heterocycles. The number of aliphatic hydroxyl groups excluding tert-OH is 1. The third-order valence-corrected chi connectivity index (χ3v) is 4.44. The Morgan fingerprint density at radius 2 is 1.89 bits per heavy atom. The van der Waals surface area contributed by atoms with Gasteiger partial charge >= 0.3 is 0 Å². The van der Waals surface area contributed by atoms with Crippen LogP contribution in [0.4, 0.5) is 0 Å². The molecule has 0 radical (unpaired) electrons. The zero-order chi connectivity index (χ0) is 12.5. The zero-order valence-corrected chi connectivity index (χ0v) is 10.6. The van der Waals surface area contributed by atoms with E-state index in [4.69, 9.17) is 5.73 Å². The van der Waals surface area contributed by atoms with E-state index in [2.05, 4.69) is 22.0 Å². The molecular formula is C14H21N3O. The molecule has 3 heterocycles. The molecule has 3 N–H and O–H groups in total. The summed E-state index contributed by atoms with van der Waals surface area (Å²) in [4.78, 5) is 6.62. The van der Waals surface area contributed by atoms with Crippen molar-refractivity contribution in [3.63, 3.8) is 0 Å². The van der Waals surface area contributed by atoms with E-state index in [1.165, 1.54) is 18.4 Å². The molecule has 0 saturated carbocycles. The summed E-state index contributed by atoms with van der Waals surface area (Å²) in [7, 11) is 0. The van der Waals surface area contributed by atoms with Crippen molar-refractivity contribution in [2.45, 2.75) is 49.9 Å². The third kappa shape index (κ3) is 2.05. The highest BCUT2D eigenvalue weighted by atomic mass is 16.3. The van der Waals surface area contributed by atoms with Crippen LogP contribution in [0.25, 0.3) is 0 Å². The van der Waals surface area contributed by atoms with Crippen LogP contribution in [0.1, 0.15) is 37.3 Å². The van der Waals surface area contributed by atoms with Crippen LogP contribution in [0.5, 0.6) is 0 Å². The maximum atomic E-state index is 9.86. The lowest BCUT2D eigenvalue weighted by Gasteiger charge is -2.42. The highest BCUT2D eigenvalue weighted by Crippen LogP contribution is 2.41. The molecule has 0 aromatic carbocycles. The van der Waals surface area contributed by atoms with Gasteiger partial charge in [0.1, 0.15) is 0 Å². The minimum Gasteiger partial charge on any atom is -0.393 e. The molecule has 18 heavy (non-hydrogen) atoms. The number of rotatable bonds is 3. The Kier molecular flexibility index (Phi) is 3.33. The van der Waals surface area contributed by atoms with Crippen molar-refractivity contribution < 1.29 is 5.11 Å². The standard InChI is InChI=1S/C14H21N3O/c15-9-14(10-3-5-16-6-4-10)17-11-1-2-12(17)8-13(18)7-11/h3-6,11-14,18H,1-2,7-9,15H2. The summed E-state index contributed by atoms with van der Waals surface area (Å²) in [5.41, 5.74) is 7.25. The summed E-state index contributed by atoms with van der Waals surface area (Å²) in [5.74, 6) is 0. The van der Waals surface area contributed by atoms with Gasteiger partial charge in [-0.25, -0.2) is 0 Å². The van der Waals surface area contributed by atoms with Crippen molar-refractivity contribution in [1.82, 2.24) is 9.88 Å². The minimum absolute atomic E-state index is 0.116. The smallest absolute Gasteiger partial charge is 0.0570 e. The minimum atomic E-state index is -0.116. The van der Waals surface area contributed by atoms with Gasteiger partial charge < -0.3 is 10.8 Å². The lowest BCUT2D eigenvalue weighted by molar-refractivity contribution is 0.0115. The normalized spacial score (nSPS) is 33.6.